The number of aromatic nitrogens is 2. The van der Waals surface area contributed by atoms with Crippen molar-refractivity contribution in [1.29, 1.82) is 5.26 Å². The van der Waals surface area contributed by atoms with Crippen molar-refractivity contribution in [3.8, 4) is 6.07 Å². The van der Waals surface area contributed by atoms with Crippen LogP contribution in [0.4, 0.5) is 11.6 Å². The van der Waals surface area contributed by atoms with Crippen LogP contribution in [-0.2, 0) is 0 Å². The molecule has 16 heavy (non-hydrogen) atoms. The van der Waals surface area contributed by atoms with Crippen LogP contribution in [0, 0.1) is 11.3 Å². The van der Waals surface area contributed by atoms with Crippen molar-refractivity contribution in [2.24, 2.45) is 0 Å². The molecule has 1 aromatic heterocycles. The van der Waals surface area contributed by atoms with Gasteiger partial charge in [-0.15, -0.1) is 0 Å². The van der Waals surface area contributed by atoms with Gasteiger partial charge in [-0.05, 0) is 46.3 Å². The van der Waals surface area contributed by atoms with E-state index in [9.17, 15) is 0 Å². The van der Waals surface area contributed by atoms with E-state index >= 15 is 0 Å². The molecule has 0 unspecified atom stereocenters. The van der Waals surface area contributed by atoms with Crippen molar-refractivity contribution in [3.63, 3.8) is 0 Å². The van der Waals surface area contributed by atoms with E-state index in [1.54, 1.807) is 24.4 Å². The largest absolute Gasteiger partial charge is 0.324 e. The molecule has 0 fully saturated rings. The topological polar surface area (TPSA) is 61.6 Å². The molecule has 0 saturated carbocycles. The third kappa shape index (κ3) is 2.55. The van der Waals surface area contributed by atoms with Gasteiger partial charge >= 0.3 is 0 Å². The Morgan fingerprint density at radius 3 is 2.56 bits per heavy atom. The highest BCUT2D eigenvalue weighted by Crippen LogP contribution is 2.14. The SMILES string of the molecule is N#Cc1ccc(Nc2nccc(Br)n2)cc1. The van der Waals surface area contributed by atoms with Gasteiger partial charge in [0.15, 0.2) is 0 Å². The van der Waals surface area contributed by atoms with Gasteiger partial charge in [-0.25, -0.2) is 9.97 Å². The molecule has 0 amide bonds. The molecule has 2 rings (SSSR count). The minimum atomic E-state index is 0.513. The predicted molar refractivity (Wildman–Crippen MR) is 64.2 cm³/mol. The number of nitrogens with one attached hydrogen (secondary N) is 1. The maximum atomic E-state index is 8.65. The fourth-order valence-electron chi connectivity index (χ4n) is 1.15. The van der Waals surface area contributed by atoms with E-state index < -0.39 is 0 Å². The van der Waals surface area contributed by atoms with Crippen LogP contribution in [0.25, 0.3) is 0 Å². The Bertz CT molecular complexity index is 530. The third-order valence-corrected chi connectivity index (χ3v) is 2.33. The first-order valence-corrected chi connectivity index (χ1v) is 5.33. The molecule has 5 heteroatoms. The fraction of sp³-hybridized carbons (Fsp3) is 0. The van der Waals surface area contributed by atoms with E-state index in [2.05, 4.69) is 37.3 Å². The first-order chi connectivity index (χ1) is 7.78. The van der Waals surface area contributed by atoms with E-state index in [1.807, 2.05) is 12.1 Å². The van der Waals surface area contributed by atoms with Gasteiger partial charge < -0.3 is 5.32 Å². The standard InChI is InChI=1S/C11H7BrN4/c12-10-5-6-14-11(16-10)15-9-3-1-8(7-13)2-4-9/h1-6H,(H,14,15,16). The number of anilines is 2. The molecule has 0 saturated heterocycles. The molecule has 0 radical (unpaired) electrons. The van der Waals surface area contributed by atoms with Gasteiger partial charge in [0.2, 0.25) is 5.95 Å². The summed E-state index contributed by atoms with van der Waals surface area (Å²) in [5, 5.41) is 11.7. The van der Waals surface area contributed by atoms with Crippen LogP contribution in [0.3, 0.4) is 0 Å². The van der Waals surface area contributed by atoms with Crippen molar-refractivity contribution in [2.75, 3.05) is 5.32 Å². The Morgan fingerprint density at radius 1 is 1.19 bits per heavy atom. The van der Waals surface area contributed by atoms with Gasteiger partial charge in [0.1, 0.15) is 4.60 Å². The molecule has 1 aromatic carbocycles. The van der Waals surface area contributed by atoms with Crippen LogP contribution in [-0.4, -0.2) is 9.97 Å². The van der Waals surface area contributed by atoms with Crippen LogP contribution in [0.1, 0.15) is 5.56 Å². The summed E-state index contributed by atoms with van der Waals surface area (Å²) in [7, 11) is 0. The van der Waals surface area contributed by atoms with E-state index in [0.29, 0.717) is 11.5 Å². The summed E-state index contributed by atoms with van der Waals surface area (Å²) in [6.45, 7) is 0. The number of benzene rings is 1. The Kier molecular flexibility index (Phi) is 3.13. The number of hydrogen-bond acceptors (Lipinski definition) is 4. The van der Waals surface area contributed by atoms with Gasteiger partial charge in [-0.1, -0.05) is 0 Å². The maximum absolute atomic E-state index is 8.65. The van der Waals surface area contributed by atoms with Crippen LogP contribution in [0.2, 0.25) is 0 Å². The fourth-order valence-corrected chi connectivity index (χ4v) is 1.44. The Labute approximate surface area is 101 Å². The monoisotopic (exact) mass is 274 g/mol. The Hall–Kier alpha value is -1.93. The lowest BCUT2D eigenvalue weighted by atomic mass is 10.2. The summed E-state index contributed by atoms with van der Waals surface area (Å²) >= 11 is 3.26. The molecule has 0 bridgehead atoms. The number of rotatable bonds is 2. The summed E-state index contributed by atoms with van der Waals surface area (Å²) < 4.78 is 0.721. The number of nitrogens with zero attached hydrogens (tertiary/aromatic N) is 3. The van der Waals surface area contributed by atoms with Crippen LogP contribution >= 0.6 is 15.9 Å². The highest BCUT2D eigenvalue weighted by atomic mass is 79.9. The predicted octanol–water partition coefficient (Wildman–Crippen LogP) is 2.85. The van der Waals surface area contributed by atoms with Crippen molar-refractivity contribution >= 4 is 27.6 Å². The second kappa shape index (κ2) is 4.73. The quantitative estimate of drug-likeness (QED) is 0.856. The highest BCUT2D eigenvalue weighted by Gasteiger charge is 1.98. The highest BCUT2D eigenvalue weighted by molar-refractivity contribution is 9.10. The molecule has 0 aliphatic rings. The molecular formula is C11H7BrN4. The smallest absolute Gasteiger partial charge is 0.228 e. The average molecular weight is 275 g/mol. The average Bonchev–Trinajstić information content (AvgIpc) is 2.30. The van der Waals surface area contributed by atoms with Gasteiger partial charge in [0.25, 0.3) is 0 Å². The summed E-state index contributed by atoms with van der Waals surface area (Å²) in [5.74, 6) is 0.513. The molecule has 0 atom stereocenters. The summed E-state index contributed by atoms with van der Waals surface area (Å²) in [5.41, 5.74) is 1.47. The zero-order valence-electron chi connectivity index (χ0n) is 8.18. The summed E-state index contributed by atoms with van der Waals surface area (Å²) in [6, 6.07) is 10.9. The zero-order valence-corrected chi connectivity index (χ0v) is 9.77. The lowest BCUT2D eigenvalue weighted by Gasteiger charge is -2.03. The van der Waals surface area contributed by atoms with Gasteiger partial charge in [0.05, 0.1) is 11.6 Å². The van der Waals surface area contributed by atoms with E-state index in [-0.39, 0.29) is 0 Å². The van der Waals surface area contributed by atoms with Crippen LogP contribution in [0.5, 0.6) is 0 Å². The molecule has 1 heterocycles. The molecule has 0 spiro atoms. The Morgan fingerprint density at radius 2 is 1.94 bits per heavy atom. The number of hydrogen-bond donors (Lipinski definition) is 1. The number of halogens is 1. The molecule has 1 N–H and O–H groups in total. The minimum absolute atomic E-state index is 0.513. The summed E-state index contributed by atoms with van der Waals surface area (Å²) in [6.07, 6.45) is 1.66. The lowest BCUT2D eigenvalue weighted by molar-refractivity contribution is 1.14. The van der Waals surface area contributed by atoms with Crippen molar-refractivity contribution in [2.45, 2.75) is 0 Å². The third-order valence-electron chi connectivity index (χ3n) is 1.89. The molecule has 78 valence electrons. The first kappa shape index (κ1) is 10.6. The van der Waals surface area contributed by atoms with Crippen LogP contribution in [0.15, 0.2) is 41.1 Å². The lowest BCUT2D eigenvalue weighted by Crippen LogP contribution is -1.96. The van der Waals surface area contributed by atoms with Gasteiger partial charge in [0, 0.05) is 11.9 Å². The minimum Gasteiger partial charge on any atom is -0.324 e. The van der Waals surface area contributed by atoms with Gasteiger partial charge in [-0.2, -0.15) is 5.26 Å². The van der Waals surface area contributed by atoms with E-state index in [4.69, 9.17) is 5.26 Å². The second-order valence-electron chi connectivity index (χ2n) is 3.02. The zero-order chi connectivity index (χ0) is 11.4. The Balaban J connectivity index is 2.18. The molecule has 4 nitrogen and oxygen atoms in total. The molecule has 0 aliphatic heterocycles. The number of nitriles is 1. The second-order valence-corrected chi connectivity index (χ2v) is 3.83. The molecule has 0 aliphatic carbocycles. The van der Waals surface area contributed by atoms with Crippen LogP contribution < -0.4 is 5.32 Å². The van der Waals surface area contributed by atoms with Crippen molar-refractivity contribution in [1.82, 2.24) is 9.97 Å². The molecule has 2 aromatic rings. The van der Waals surface area contributed by atoms with E-state index in [0.717, 1.165) is 10.3 Å². The van der Waals surface area contributed by atoms with Crippen molar-refractivity contribution < 1.29 is 0 Å². The molecular weight excluding hydrogens is 268 g/mol. The van der Waals surface area contributed by atoms with Gasteiger partial charge in [-0.3, -0.25) is 0 Å². The van der Waals surface area contributed by atoms with Crippen molar-refractivity contribution in [3.05, 3.63) is 46.7 Å². The maximum Gasteiger partial charge on any atom is 0.228 e. The summed E-state index contributed by atoms with van der Waals surface area (Å²) in [4.78, 5) is 8.20. The van der Waals surface area contributed by atoms with E-state index in [1.165, 1.54) is 0 Å². The first-order valence-electron chi connectivity index (χ1n) is 4.53. The normalized spacial score (nSPS) is 9.50.